The Labute approximate surface area is 100 Å². The minimum atomic E-state index is -1.00. The Bertz CT molecular complexity index is 547. The highest BCUT2D eigenvalue weighted by molar-refractivity contribution is 9.10. The number of hydrogen-bond acceptors (Lipinski definition) is 2. The molecule has 16 heavy (non-hydrogen) atoms. The van der Waals surface area contributed by atoms with Gasteiger partial charge in [0.1, 0.15) is 5.69 Å². The molecule has 0 spiro atoms. The zero-order valence-electron chi connectivity index (χ0n) is 8.33. The van der Waals surface area contributed by atoms with Crippen molar-refractivity contribution in [2.75, 3.05) is 6.61 Å². The van der Waals surface area contributed by atoms with Crippen LogP contribution in [0.15, 0.2) is 22.7 Å². The van der Waals surface area contributed by atoms with Crippen molar-refractivity contribution in [1.82, 2.24) is 4.98 Å². The number of aliphatic hydroxyl groups is 1. The van der Waals surface area contributed by atoms with Gasteiger partial charge in [-0.2, -0.15) is 0 Å². The predicted octanol–water partition coefficient (Wildman–Crippen LogP) is 2.16. The molecular weight excluding hydrogens is 274 g/mol. The normalized spacial score (nSPS) is 10.9. The lowest BCUT2D eigenvalue weighted by atomic mass is 10.1. The Kier molecular flexibility index (Phi) is 2.98. The number of carboxylic acids is 1. The molecule has 0 saturated carbocycles. The molecule has 0 aliphatic carbocycles. The standard InChI is InChI=1S/C11H10BrNO3/c12-6-1-2-9-8(5-6)7(3-4-14)10(13-9)11(15)16/h1-2,5,13-14H,3-4H2,(H,15,16). The van der Waals surface area contributed by atoms with Crippen molar-refractivity contribution in [2.24, 2.45) is 0 Å². The van der Waals surface area contributed by atoms with E-state index in [1.54, 1.807) is 0 Å². The van der Waals surface area contributed by atoms with Crippen LogP contribution in [-0.2, 0) is 6.42 Å². The summed E-state index contributed by atoms with van der Waals surface area (Å²) in [5.74, 6) is -1.00. The highest BCUT2D eigenvalue weighted by Crippen LogP contribution is 2.26. The number of carboxylic acid groups (broad SMARTS) is 1. The van der Waals surface area contributed by atoms with E-state index in [1.165, 1.54) is 0 Å². The zero-order valence-corrected chi connectivity index (χ0v) is 9.91. The first kappa shape index (κ1) is 11.2. The first-order valence-electron chi connectivity index (χ1n) is 4.77. The van der Waals surface area contributed by atoms with E-state index in [-0.39, 0.29) is 12.3 Å². The topological polar surface area (TPSA) is 73.3 Å². The van der Waals surface area contributed by atoms with Crippen LogP contribution in [-0.4, -0.2) is 27.8 Å². The van der Waals surface area contributed by atoms with Crippen LogP contribution in [0.5, 0.6) is 0 Å². The van der Waals surface area contributed by atoms with Crippen LogP contribution >= 0.6 is 15.9 Å². The van der Waals surface area contributed by atoms with Crippen molar-refractivity contribution in [3.8, 4) is 0 Å². The molecule has 0 atom stereocenters. The van der Waals surface area contributed by atoms with E-state index in [2.05, 4.69) is 20.9 Å². The van der Waals surface area contributed by atoms with Crippen LogP contribution in [0.3, 0.4) is 0 Å². The van der Waals surface area contributed by atoms with Crippen LogP contribution in [0.25, 0.3) is 10.9 Å². The van der Waals surface area contributed by atoms with Gasteiger partial charge < -0.3 is 15.2 Å². The summed E-state index contributed by atoms with van der Waals surface area (Å²) in [6.07, 6.45) is 0.331. The van der Waals surface area contributed by atoms with Crippen molar-refractivity contribution in [1.29, 1.82) is 0 Å². The number of aromatic amines is 1. The van der Waals surface area contributed by atoms with E-state index in [9.17, 15) is 4.79 Å². The molecule has 0 amide bonds. The minimum absolute atomic E-state index is 0.0697. The summed E-state index contributed by atoms with van der Waals surface area (Å²) in [6.45, 7) is -0.0697. The SMILES string of the molecule is O=C(O)c1[nH]c2ccc(Br)cc2c1CCO. The Morgan fingerprint density at radius 3 is 2.81 bits per heavy atom. The summed E-state index contributed by atoms with van der Waals surface area (Å²) in [5.41, 5.74) is 1.57. The van der Waals surface area contributed by atoms with Crippen LogP contribution < -0.4 is 0 Å². The molecule has 2 aromatic rings. The molecule has 2 rings (SSSR count). The highest BCUT2D eigenvalue weighted by atomic mass is 79.9. The lowest BCUT2D eigenvalue weighted by Crippen LogP contribution is -2.02. The molecule has 0 saturated heterocycles. The minimum Gasteiger partial charge on any atom is -0.477 e. The first-order valence-corrected chi connectivity index (χ1v) is 5.57. The van der Waals surface area contributed by atoms with E-state index in [1.807, 2.05) is 18.2 Å². The van der Waals surface area contributed by atoms with Crippen molar-refractivity contribution in [3.05, 3.63) is 33.9 Å². The molecule has 0 aliphatic heterocycles. The number of halogens is 1. The summed E-state index contributed by atoms with van der Waals surface area (Å²) in [5, 5.41) is 18.8. The second kappa shape index (κ2) is 4.27. The van der Waals surface area contributed by atoms with E-state index in [0.717, 1.165) is 15.4 Å². The number of rotatable bonds is 3. The molecule has 5 heteroatoms. The number of H-pyrrole nitrogens is 1. The summed E-state index contributed by atoms with van der Waals surface area (Å²) in [4.78, 5) is 13.9. The smallest absolute Gasteiger partial charge is 0.352 e. The summed E-state index contributed by atoms with van der Waals surface area (Å²) in [7, 11) is 0. The second-order valence-electron chi connectivity index (χ2n) is 3.45. The molecule has 84 valence electrons. The van der Waals surface area contributed by atoms with Gasteiger partial charge in [-0.1, -0.05) is 15.9 Å². The quantitative estimate of drug-likeness (QED) is 0.808. The Morgan fingerprint density at radius 2 is 2.19 bits per heavy atom. The summed E-state index contributed by atoms with van der Waals surface area (Å²) in [6, 6.07) is 5.50. The average molecular weight is 284 g/mol. The van der Waals surface area contributed by atoms with Gasteiger partial charge >= 0.3 is 5.97 Å². The van der Waals surface area contributed by atoms with Gasteiger partial charge in [-0.05, 0) is 30.2 Å². The van der Waals surface area contributed by atoms with Crippen LogP contribution in [0, 0.1) is 0 Å². The third-order valence-electron chi connectivity index (χ3n) is 2.44. The van der Waals surface area contributed by atoms with Crippen molar-refractivity contribution < 1.29 is 15.0 Å². The van der Waals surface area contributed by atoms with Crippen LogP contribution in [0.1, 0.15) is 16.1 Å². The molecule has 1 aromatic carbocycles. The van der Waals surface area contributed by atoms with Gasteiger partial charge in [-0.15, -0.1) is 0 Å². The Hall–Kier alpha value is -1.33. The van der Waals surface area contributed by atoms with Crippen molar-refractivity contribution in [2.45, 2.75) is 6.42 Å². The van der Waals surface area contributed by atoms with E-state index in [4.69, 9.17) is 10.2 Å². The summed E-state index contributed by atoms with van der Waals surface area (Å²) >= 11 is 3.34. The van der Waals surface area contributed by atoms with Crippen molar-refractivity contribution >= 4 is 32.8 Å². The number of fused-ring (bicyclic) bond motifs is 1. The van der Waals surface area contributed by atoms with Gasteiger partial charge in [-0.25, -0.2) is 4.79 Å². The molecule has 0 bridgehead atoms. The molecule has 3 N–H and O–H groups in total. The molecule has 0 unspecified atom stereocenters. The molecular formula is C11H10BrNO3. The largest absolute Gasteiger partial charge is 0.477 e. The number of aliphatic hydroxyl groups excluding tert-OH is 1. The number of hydrogen-bond donors (Lipinski definition) is 3. The number of aromatic carboxylic acids is 1. The van der Waals surface area contributed by atoms with Gasteiger partial charge in [0.25, 0.3) is 0 Å². The predicted molar refractivity (Wildman–Crippen MR) is 63.7 cm³/mol. The van der Waals surface area contributed by atoms with Gasteiger partial charge in [-0.3, -0.25) is 0 Å². The molecule has 0 radical (unpaired) electrons. The van der Waals surface area contributed by atoms with Gasteiger partial charge in [0, 0.05) is 22.0 Å². The van der Waals surface area contributed by atoms with E-state index in [0.29, 0.717) is 12.0 Å². The monoisotopic (exact) mass is 283 g/mol. The summed E-state index contributed by atoms with van der Waals surface area (Å²) < 4.78 is 0.884. The highest BCUT2D eigenvalue weighted by Gasteiger charge is 2.16. The number of carbonyl (C=O) groups is 1. The molecule has 0 fully saturated rings. The number of benzene rings is 1. The molecule has 1 aromatic heterocycles. The van der Waals surface area contributed by atoms with E-state index >= 15 is 0 Å². The van der Waals surface area contributed by atoms with Crippen LogP contribution in [0.2, 0.25) is 0 Å². The van der Waals surface area contributed by atoms with E-state index < -0.39 is 5.97 Å². The number of aromatic nitrogens is 1. The maximum absolute atomic E-state index is 11.0. The first-order chi connectivity index (χ1) is 7.63. The third-order valence-corrected chi connectivity index (χ3v) is 2.94. The van der Waals surface area contributed by atoms with Crippen molar-refractivity contribution in [3.63, 3.8) is 0 Å². The fourth-order valence-corrected chi connectivity index (χ4v) is 2.14. The maximum atomic E-state index is 11.0. The zero-order chi connectivity index (χ0) is 11.7. The molecule has 1 heterocycles. The fraction of sp³-hybridized carbons (Fsp3) is 0.182. The van der Waals surface area contributed by atoms with Gasteiger partial charge in [0.05, 0.1) is 0 Å². The van der Waals surface area contributed by atoms with Crippen LogP contribution in [0.4, 0.5) is 0 Å². The fourth-order valence-electron chi connectivity index (χ4n) is 1.77. The average Bonchev–Trinajstić information content (AvgIpc) is 2.58. The third kappa shape index (κ3) is 1.83. The molecule has 4 nitrogen and oxygen atoms in total. The number of nitrogens with one attached hydrogen (secondary N) is 1. The Balaban J connectivity index is 2.71. The lowest BCUT2D eigenvalue weighted by molar-refractivity contribution is 0.0690. The lowest BCUT2D eigenvalue weighted by Gasteiger charge is -1.98. The molecule has 0 aliphatic rings. The van der Waals surface area contributed by atoms with Gasteiger partial charge in [0.15, 0.2) is 0 Å². The van der Waals surface area contributed by atoms with Gasteiger partial charge in [0.2, 0.25) is 0 Å². The second-order valence-corrected chi connectivity index (χ2v) is 4.36. The maximum Gasteiger partial charge on any atom is 0.352 e. The Morgan fingerprint density at radius 1 is 1.44 bits per heavy atom.